The van der Waals surface area contributed by atoms with E-state index in [-0.39, 0.29) is 5.69 Å². The monoisotopic (exact) mass is 328 g/mol. The van der Waals surface area contributed by atoms with Crippen LogP contribution >= 0.6 is 0 Å². The molecule has 0 N–H and O–H groups in total. The van der Waals surface area contributed by atoms with Crippen molar-refractivity contribution in [1.82, 2.24) is 19.2 Å². The maximum atomic E-state index is 12.8. The minimum atomic E-state index is -0.651. The molecule has 126 valence electrons. The number of aromatic nitrogens is 3. The van der Waals surface area contributed by atoms with Crippen LogP contribution in [0, 0.1) is 0 Å². The lowest BCUT2D eigenvalue weighted by atomic mass is 10.2. The van der Waals surface area contributed by atoms with Crippen molar-refractivity contribution < 1.29 is 4.79 Å². The van der Waals surface area contributed by atoms with Crippen LogP contribution < -0.4 is 11.2 Å². The van der Waals surface area contributed by atoms with Gasteiger partial charge in [0.25, 0.3) is 11.5 Å². The van der Waals surface area contributed by atoms with Gasteiger partial charge in [-0.1, -0.05) is 31.0 Å². The fraction of sp³-hybridized carbons (Fsp3) is 0.412. The molecule has 0 atom stereocenters. The molecular formula is C17H20N4O3. The topological polar surface area (TPSA) is 77.2 Å². The third kappa shape index (κ3) is 3.02. The van der Waals surface area contributed by atoms with Gasteiger partial charge in [-0.25, -0.2) is 4.79 Å². The molecule has 2 aromatic rings. The summed E-state index contributed by atoms with van der Waals surface area (Å²) in [4.78, 5) is 39.1. The van der Waals surface area contributed by atoms with Crippen LogP contribution in [0.4, 0.5) is 0 Å². The van der Waals surface area contributed by atoms with Crippen LogP contribution in [0.25, 0.3) is 5.69 Å². The van der Waals surface area contributed by atoms with Gasteiger partial charge in [-0.3, -0.25) is 14.2 Å². The van der Waals surface area contributed by atoms with Crippen molar-refractivity contribution in [3.05, 3.63) is 56.9 Å². The normalized spacial score (nSPS) is 15.1. The van der Waals surface area contributed by atoms with Gasteiger partial charge >= 0.3 is 5.69 Å². The van der Waals surface area contributed by atoms with Crippen LogP contribution in [0.2, 0.25) is 0 Å². The standard InChI is InChI=1S/C17H20N4O3/c1-19-15(22)14(16(23)20-11-7-2-3-8-12-20)18-21(17(19)24)13-9-5-4-6-10-13/h4-6,9-10H,2-3,7-8,11-12H2,1H3. The third-order valence-electron chi connectivity index (χ3n) is 4.27. The predicted molar refractivity (Wildman–Crippen MR) is 89.4 cm³/mol. The van der Waals surface area contributed by atoms with E-state index in [1.54, 1.807) is 29.2 Å². The summed E-state index contributed by atoms with van der Waals surface area (Å²) in [6, 6.07) is 8.77. The van der Waals surface area contributed by atoms with Crippen LogP contribution in [0.1, 0.15) is 36.2 Å². The highest BCUT2D eigenvalue weighted by Gasteiger charge is 2.24. The first-order valence-corrected chi connectivity index (χ1v) is 8.14. The van der Waals surface area contributed by atoms with Crippen molar-refractivity contribution in [1.29, 1.82) is 0 Å². The van der Waals surface area contributed by atoms with E-state index in [9.17, 15) is 14.4 Å². The average molecular weight is 328 g/mol. The Morgan fingerprint density at radius 3 is 2.25 bits per heavy atom. The number of hydrogen-bond donors (Lipinski definition) is 0. The molecular weight excluding hydrogens is 308 g/mol. The number of para-hydroxylation sites is 1. The van der Waals surface area contributed by atoms with Gasteiger partial charge in [0.15, 0.2) is 0 Å². The molecule has 3 rings (SSSR count). The maximum Gasteiger partial charge on any atom is 0.351 e. The Kier molecular flexibility index (Phi) is 4.59. The van der Waals surface area contributed by atoms with E-state index in [1.807, 2.05) is 6.07 Å². The Hall–Kier alpha value is -2.70. The molecule has 1 amide bonds. The van der Waals surface area contributed by atoms with E-state index in [4.69, 9.17) is 0 Å². The molecule has 1 fully saturated rings. The Morgan fingerprint density at radius 1 is 1.00 bits per heavy atom. The number of carbonyl (C=O) groups is 1. The summed E-state index contributed by atoms with van der Waals surface area (Å²) in [5.74, 6) is -0.401. The highest BCUT2D eigenvalue weighted by atomic mass is 16.2. The molecule has 1 aliphatic heterocycles. The zero-order chi connectivity index (χ0) is 17.1. The van der Waals surface area contributed by atoms with Gasteiger partial charge in [0.05, 0.1) is 5.69 Å². The van der Waals surface area contributed by atoms with Crippen LogP contribution in [0.5, 0.6) is 0 Å². The number of rotatable bonds is 2. The molecule has 1 aliphatic rings. The van der Waals surface area contributed by atoms with Gasteiger partial charge in [0.1, 0.15) is 0 Å². The predicted octanol–water partition coefficient (Wildman–Crippen LogP) is 0.947. The van der Waals surface area contributed by atoms with E-state index in [2.05, 4.69) is 5.10 Å². The maximum absolute atomic E-state index is 12.8. The van der Waals surface area contributed by atoms with Crippen molar-refractivity contribution in [2.45, 2.75) is 25.7 Å². The highest BCUT2D eigenvalue weighted by Crippen LogP contribution is 2.11. The second kappa shape index (κ2) is 6.82. The first-order chi connectivity index (χ1) is 11.6. The molecule has 0 unspecified atom stereocenters. The smallest absolute Gasteiger partial charge is 0.337 e. The van der Waals surface area contributed by atoms with Crippen molar-refractivity contribution in [3.63, 3.8) is 0 Å². The number of carbonyl (C=O) groups excluding carboxylic acids is 1. The van der Waals surface area contributed by atoms with Gasteiger partial charge in [-0.15, -0.1) is 0 Å². The molecule has 1 aromatic heterocycles. The van der Waals surface area contributed by atoms with Gasteiger partial charge in [-0.05, 0) is 25.0 Å². The van der Waals surface area contributed by atoms with E-state index >= 15 is 0 Å². The minimum Gasteiger partial charge on any atom is -0.337 e. The molecule has 7 nitrogen and oxygen atoms in total. The lowest BCUT2D eigenvalue weighted by Crippen LogP contribution is -2.45. The first kappa shape index (κ1) is 16.2. The fourth-order valence-corrected chi connectivity index (χ4v) is 2.87. The molecule has 7 heteroatoms. The summed E-state index contributed by atoms with van der Waals surface area (Å²) in [7, 11) is 1.37. The van der Waals surface area contributed by atoms with Crippen molar-refractivity contribution in [3.8, 4) is 5.69 Å². The Bertz CT molecular complexity index is 846. The number of nitrogens with zero attached hydrogens (tertiary/aromatic N) is 4. The van der Waals surface area contributed by atoms with Crippen molar-refractivity contribution >= 4 is 5.91 Å². The fourth-order valence-electron chi connectivity index (χ4n) is 2.87. The Labute approximate surface area is 139 Å². The van der Waals surface area contributed by atoms with Gasteiger partial charge in [-0.2, -0.15) is 9.78 Å². The molecule has 1 saturated heterocycles. The molecule has 0 saturated carbocycles. The third-order valence-corrected chi connectivity index (χ3v) is 4.27. The summed E-state index contributed by atoms with van der Waals surface area (Å²) < 4.78 is 2.04. The zero-order valence-electron chi connectivity index (χ0n) is 13.6. The van der Waals surface area contributed by atoms with Crippen LogP contribution in [-0.4, -0.2) is 38.2 Å². The van der Waals surface area contributed by atoms with E-state index < -0.39 is 17.2 Å². The molecule has 24 heavy (non-hydrogen) atoms. The van der Waals surface area contributed by atoms with Crippen molar-refractivity contribution in [2.24, 2.45) is 7.05 Å². The molecule has 0 radical (unpaired) electrons. The van der Waals surface area contributed by atoms with E-state index in [0.29, 0.717) is 18.8 Å². The minimum absolute atomic E-state index is 0.206. The molecule has 0 spiro atoms. The largest absolute Gasteiger partial charge is 0.351 e. The lowest BCUT2D eigenvalue weighted by Gasteiger charge is -2.20. The molecule has 0 aliphatic carbocycles. The van der Waals surface area contributed by atoms with Gasteiger partial charge < -0.3 is 4.90 Å². The van der Waals surface area contributed by atoms with Gasteiger partial charge in [0.2, 0.25) is 5.69 Å². The van der Waals surface area contributed by atoms with Gasteiger partial charge in [0, 0.05) is 20.1 Å². The number of amides is 1. The summed E-state index contributed by atoms with van der Waals surface area (Å²) in [5.41, 5.74) is -0.911. The molecule has 0 bridgehead atoms. The molecule has 1 aromatic carbocycles. The SMILES string of the molecule is Cn1c(=O)c(C(=O)N2CCCCCC2)nn(-c2ccccc2)c1=O. The summed E-state index contributed by atoms with van der Waals surface area (Å²) in [6.45, 7) is 1.24. The summed E-state index contributed by atoms with van der Waals surface area (Å²) >= 11 is 0. The Balaban J connectivity index is 2.08. The number of likely N-dealkylation sites (tertiary alicyclic amines) is 1. The average Bonchev–Trinajstić information content (AvgIpc) is 2.89. The van der Waals surface area contributed by atoms with Crippen LogP contribution in [0.15, 0.2) is 39.9 Å². The second-order valence-electron chi connectivity index (χ2n) is 5.95. The van der Waals surface area contributed by atoms with E-state index in [1.165, 1.54) is 7.05 Å². The Morgan fingerprint density at radius 2 is 1.62 bits per heavy atom. The second-order valence-corrected chi connectivity index (χ2v) is 5.95. The van der Waals surface area contributed by atoms with Crippen LogP contribution in [-0.2, 0) is 7.05 Å². The van der Waals surface area contributed by atoms with Crippen molar-refractivity contribution in [2.75, 3.05) is 13.1 Å². The molecule has 2 heterocycles. The highest BCUT2D eigenvalue weighted by molar-refractivity contribution is 5.91. The summed E-state index contributed by atoms with van der Waals surface area (Å²) in [6.07, 6.45) is 4.01. The van der Waals surface area contributed by atoms with E-state index in [0.717, 1.165) is 34.9 Å². The van der Waals surface area contributed by atoms with Crippen LogP contribution in [0.3, 0.4) is 0 Å². The number of benzene rings is 1. The lowest BCUT2D eigenvalue weighted by molar-refractivity contribution is 0.0750. The summed E-state index contributed by atoms with van der Waals surface area (Å²) in [5, 5.41) is 4.09. The zero-order valence-corrected chi connectivity index (χ0v) is 13.6. The first-order valence-electron chi connectivity index (χ1n) is 8.14. The number of hydrogen-bond acceptors (Lipinski definition) is 4. The quantitative estimate of drug-likeness (QED) is 0.822.